The van der Waals surface area contributed by atoms with E-state index in [2.05, 4.69) is 53.2 Å². The summed E-state index contributed by atoms with van der Waals surface area (Å²) in [6, 6.07) is 5.95. The van der Waals surface area contributed by atoms with E-state index in [9.17, 15) is 0 Å². The van der Waals surface area contributed by atoms with Crippen LogP contribution in [-0.2, 0) is 6.54 Å². The standard InChI is InChI=1S/C16H21BrClN3/c1-10(2)8-19-9-13-14(18)6-5-7-15(13)21-12(4)16(17)11(3)20-21/h5-7,10,19H,8-9H2,1-4H3. The third kappa shape index (κ3) is 3.68. The highest BCUT2D eigenvalue weighted by Gasteiger charge is 2.15. The van der Waals surface area contributed by atoms with E-state index in [0.717, 1.165) is 45.2 Å². The van der Waals surface area contributed by atoms with Gasteiger partial charge in [-0.05, 0) is 54.4 Å². The van der Waals surface area contributed by atoms with E-state index in [1.807, 2.05) is 23.7 Å². The van der Waals surface area contributed by atoms with Crippen LogP contribution in [0, 0.1) is 19.8 Å². The van der Waals surface area contributed by atoms with E-state index < -0.39 is 0 Å². The van der Waals surface area contributed by atoms with Crippen molar-refractivity contribution in [1.82, 2.24) is 15.1 Å². The number of halogens is 2. The maximum Gasteiger partial charge on any atom is 0.0743 e. The van der Waals surface area contributed by atoms with Crippen molar-refractivity contribution < 1.29 is 0 Å². The zero-order valence-electron chi connectivity index (χ0n) is 12.9. The molecule has 1 heterocycles. The second-order valence-corrected chi connectivity index (χ2v) is 6.86. The third-order valence-corrected chi connectivity index (χ3v) is 4.88. The molecule has 0 saturated heterocycles. The Balaban J connectivity index is 2.39. The number of aryl methyl sites for hydroxylation is 1. The predicted molar refractivity (Wildman–Crippen MR) is 92.3 cm³/mol. The van der Waals surface area contributed by atoms with Crippen molar-refractivity contribution >= 4 is 27.5 Å². The lowest BCUT2D eigenvalue weighted by atomic mass is 10.1. The average molecular weight is 371 g/mol. The van der Waals surface area contributed by atoms with Gasteiger partial charge < -0.3 is 5.32 Å². The van der Waals surface area contributed by atoms with Crippen LogP contribution in [0.25, 0.3) is 5.69 Å². The lowest BCUT2D eigenvalue weighted by molar-refractivity contribution is 0.551. The first kappa shape index (κ1) is 16.5. The minimum Gasteiger partial charge on any atom is -0.312 e. The minimum atomic E-state index is 0.610. The summed E-state index contributed by atoms with van der Waals surface area (Å²) in [6.45, 7) is 10.1. The van der Waals surface area contributed by atoms with Gasteiger partial charge in [-0.1, -0.05) is 31.5 Å². The van der Waals surface area contributed by atoms with Gasteiger partial charge in [-0.3, -0.25) is 0 Å². The summed E-state index contributed by atoms with van der Waals surface area (Å²) in [5.41, 5.74) is 4.18. The number of nitrogens with one attached hydrogen (secondary N) is 1. The summed E-state index contributed by atoms with van der Waals surface area (Å²) in [5.74, 6) is 0.610. The number of nitrogens with zero attached hydrogens (tertiary/aromatic N) is 2. The number of rotatable bonds is 5. The Hall–Kier alpha value is -0.840. The van der Waals surface area contributed by atoms with Crippen molar-refractivity contribution in [1.29, 1.82) is 0 Å². The number of hydrogen-bond donors (Lipinski definition) is 1. The Bertz CT molecular complexity index is 635. The van der Waals surface area contributed by atoms with Crippen molar-refractivity contribution in [3.8, 4) is 5.69 Å². The highest BCUT2D eigenvalue weighted by molar-refractivity contribution is 9.10. The molecule has 0 bridgehead atoms. The topological polar surface area (TPSA) is 29.9 Å². The molecule has 1 aromatic heterocycles. The summed E-state index contributed by atoms with van der Waals surface area (Å²) in [6.07, 6.45) is 0. The van der Waals surface area contributed by atoms with Crippen LogP contribution in [0.2, 0.25) is 5.02 Å². The minimum absolute atomic E-state index is 0.610. The summed E-state index contributed by atoms with van der Waals surface area (Å²) in [5, 5.41) is 8.83. The van der Waals surface area contributed by atoms with Gasteiger partial charge in [-0.15, -0.1) is 0 Å². The number of hydrogen-bond acceptors (Lipinski definition) is 2. The smallest absolute Gasteiger partial charge is 0.0743 e. The van der Waals surface area contributed by atoms with Gasteiger partial charge >= 0.3 is 0 Å². The van der Waals surface area contributed by atoms with Crippen molar-refractivity contribution in [2.75, 3.05) is 6.54 Å². The molecule has 1 aromatic carbocycles. The highest BCUT2D eigenvalue weighted by Crippen LogP contribution is 2.28. The van der Waals surface area contributed by atoms with Crippen molar-refractivity contribution in [2.24, 2.45) is 5.92 Å². The molecule has 0 spiro atoms. The Morgan fingerprint density at radius 2 is 2.05 bits per heavy atom. The maximum absolute atomic E-state index is 6.40. The average Bonchev–Trinajstić information content (AvgIpc) is 2.68. The Labute approximate surface area is 139 Å². The second-order valence-electron chi connectivity index (χ2n) is 5.66. The monoisotopic (exact) mass is 369 g/mol. The van der Waals surface area contributed by atoms with Crippen molar-refractivity contribution in [3.63, 3.8) is 0 Å². The van der Waals surface area contributed by atoms with E-state index in [4.69, 9.17) is 11.6 Å². The lowest BCUT2D eigenvalue weighted by Gasteiger charge is -2.14. The molecule has 0 aliphatic carbocycles. The fraction of sp³-hybridized carbons (Fsp3) is 0.438. The third-order valence-electron chi connectivity index (χ3n) is 3.38. The molecule has 0 fully saturated rings. The van der Waals surface area contributed by atoms with Gasteiger partial charge in [-0.25, -0.2) is 4.68 Å². The molecule has 21 heavy (non-hydrogen) atoms. The molecule has 2 rings (SSSR count). The molecule has 0 aliphatic rings. The van der Waals surface area contributed by atoms with E-state index in [0.29, 0.717) is 5.92 Å². The normalized spacial score (nSPS) is 11.4. The van der Waals surface area contributed by atoms with E-state index in [1.165, 1.54) is 0 Å². The Kier molecular flexibility index (Phi) is 5.47. The molecular formula is C16H21BrClN3. The van der Waals surface area contributed by atoms with Crippen LogP contribution in [0.1, 0.15) is 30.8 Å². The summed E-state index contributed by atoms with van der Waals surface area (Å²) in [7, 11) is 0. The Morgan fingerprint density at radius 1 is 1.33 bits per heavy atom. The maximum atomic E-state index is 6.40. The molecule has 2 aromatic rings. The van der Waals surface area contributed by atoms with Gasteiger partial charge in [0.05, 0.1) is 21.5 Å². The van der Waals surface area contributed by atoms with Gasteiger partial charge in [0, 0.05) is 17.1 Å². The zero-order valence-corrected chi connectivity index (χ0v) is 15.2. The van der Waals surface area contributed by atoms with Crippen LogP contribution in [0.4, 0.5) is 0 Å². The first-order valence-electron chi connectivity index (χ1n) is 7.12. The van der Waals surface area contributed by atoms with E-state index >= 15 is 0 Å². The molecule has 114 valence electrons. The quantitative estimate of drug-likeness (QED) is 0.830. The van der Waals surface area contributed by atoms with Crippen LogP contribution in [-0.4, -0.2) is 16.3 Å². The van der Waals surface area contributed by atoms with Crippen molar-refractivity contribution in [3.05, 3.63) is 44.6 Å². The zero-order chi connectivity index (χ0) is 15.6. The lowest BCUT2D eigenvalue weighted by Crippen LogP contribution is -2.20. The van der Waals surface area contributed by atoms with Gasteiger partial charge in [-0.2, -0.15) is 5.10 Å². The Morgan fingerprint density at radius 3 is 2.62 bits per heavy atom. The molecule has 1 N–H and O–H groups in total. The van der Waals surface area contributed by atoms with Crippen LogP contribution in [0.5, 0.6) is 0 Å². The summed E-state index contributed by atoms with van der Waals surface area (Å²) >= 11 is 9.98. The van der Waals surface area contributed by atoms with Crippen LogP contribution in [0.15, 0.2) is 22.7 Å². The molecule has 0 atom stereocenters. The molecule has 0 amide bonds. The van der Waals surface area contributed by atoms with Gasteiger partial charge in [0.1, 0.15) is 0 Å². The fourth-order valence-corrected chi connectivity index (χ4v) is 2.75. The van der Waals surface area contributed by atoms with Gasteiger partial charge in [0.2, 0.25) is 0 Å². The highest BCUT2D eigenvalue weighted by atomic mass is 79.9. The largest absolute Gasteiger partial charge is 0.312 e. The number of benzene rings is 1. The molecule has 0 aliphatic heterocycles. The van der Waals surface area contributed by atoms with Gasteiger partial charge in [0.15, 0.2) is 0 Å². The van der Waals surface area contributed by atoms with Gasteiger partial charge in [0.25, 0.3) is 0 Å². The van der Waals surface area contributed by atoms with Crippen LogP contribution in [0.3, 0.4) is 0 Å². The van der Waals surface area contributed by atoms with E-state index in [-0.39, 0.29) is 0 Å². The van der Waals surface area contributed by atoms with Crippen molar-refractivity contribution in [2.45, 2.75) is 34.2 Å². The molecule has 5 heteroatoms. The first-order chi connectivity index (χ1) is 9.91. The van der Waals surface area contributed by atoms with Crippen LogP contribution < -0.4 is 5.32 Å². The van der Waals surface area contributed by atoms with Crippen LogP contribution >= 0.6 is 27.5 Å². The SMILES string of the molecule is Cc1nn(-c2cccc(Cl)c2CNCC(C)C)c(C)c1Br. The molecule has 3 nitrogen and oxygen atoms in total. The predicted octanol–water partition coefficient (Wildman–Crippen LogP) is 4.65. The molecule has 0 unspecified atom stereocenters. The number of aromatic nitrogens is 2. The second kappa shape index (κ2) is 6.95. The van der Waals surface area contributed by atoms with E-state index in [1.54, 1.807) is 0 Å². The first-order valence-corrected chi connectivity index (χ1v) is 8.29. The fourth-order valence-electron chi connectivity index (χ4n) is 2.26. The summed E-state index contributed by atoms with van der Waals surface area (Å²) < 4.78 is 3.00. The molecular weight excluding hydrogens is 350 g/mol. The molecule has 0 radical (unpaired) electrons. The molecule has 0 saturated carbocycles. The summed E-state index contributed by atoms with van der Waals surface area (Å²) in [4.78, 5) is 0.